The SMILES string of the molecule is O=C(NCCc1nc2ccccc2[nH]1)c1scnc1-c1ccccc1. The molecule has 2 N–H and O–H groups in total. The van der Waals surface area contributed by atoms with Gasteiger partial charge in [0, 0.05) is 18.5 Å². The van der Waals surface area contributed by atoms with Crippen LogP contribution in [0.25, 0.3) is 22.3 Å². The van der Waals surface area contributed by atoms with E-state index in [9.17, 15) is 4.79 Å². The molecular weight excluding hydrogens is 332 g/mol. The van der Waals surface area contributed by atoms with Crippen molar-refractivity contribution >= 4 is 28.3 Å². The fourth-order valence-electron chi connectivity index (χ4n) is 2.71. The molecule has 0 aliphatic heterocycles. The molecule has 6 heteroatoms. The van der Waals surface area contributed by atoms with E-state index >= 15 is 0 Å². The Hall–Kier alpha value is -2.99. The third-order valence-corrected chi connectivity index (χ3v) is 4.73. The molecule has 25 heavy (non-hydrogen) atoms. The average molecular weight is 348 g/mol. The molecular formula is C19H16N4OS. The van der Waals surface area contributed by atoms with Crippen LogP contribution in [-0.4, -0.2) is 27.4 Å². The van der Waals surface area contributed by atoms with Crippen LogP contribution in [0, 0.1) is 0 Å². The van der Waals surface area contributed by atoms with Crippen LogP contribution in [0.1, 0.15) is 15.5 Å². The van der Waals surface area contributed by atoms with Gasteiger partial charge in [-0.2, -0.15) is 0 Å². The minimum absolute atomic E-state index is 0.0996. The predicted molar refractivity (Wildman–Crippen MR) is 99.7 cm³/mol. The van der Waals surface area contributed by atoms with Crippen molar-refractivity contribution < 1.29 is 4.79 Å². The summed E-state index contributed by atoms with van der Waals surface area (Å²) in [6.07, 6.45) is 0.653. The van der Waals surface area contributed by atoms with Crippen LogP contribution in [0.3, 0.4) is 0 Å². The monoisotopic (exact) mass is 348 g/mol. The lowest BCUT2D eigenvalue weighted by Crippen LogP contribution is -2.25. The van der Waals surface area contributed by atoms with Gasteiger partial charge in [-0.3, -0.25) is 4.79 Å². The first kappa shape index (κ1) is 15.5. The van der Waals surface area contributed by atoms with E-state index in [0.29, 0.717) is 17.8 Å². The smallest absolute Gasteiger partial charge is 0.263 e. The molecule has 5 nitrogen and oxygen atoms in total. The lowest BCUT2D eigenvalue weighted by molar-refractivity contribution is 0.0958. The molecule has 2 heterocycles. The number of nitrogens with zero attached hydrogens (tertiary/aromatic N) is 2. The standard InChI is InChI=1S/C19H16N4OS/c24-19(18-17(21-12-25-18)13-6-2-1-3-7-13)20-11-10-16-22-14-8-4-5-9-15(14)23-16/h1-9,12H,10-11H2,(H,20,24)(H,22,23). The Labute approximate surface area is 148 Å². The van der Waals surface area contributed by atoms with Gasteiger partial charge in [0.1, 0.15) is 10.7 Å². The van der Waals surface area contributed by atoms with Crippen molar-refractivity contribution in [2.75, 3.05) is 6.54 Å². The topological polar surface area (TPSA) is 70.7 Å². The highest BCUT2D eigenvalue weighted by Crippen LogP contribution is 2.25. The highest BCUT2D eigenvalue weighted by molar-refractivity contribution is 7.12. The Morgan fingerprint density at radius 3 is 2.72 bits per heavy atom. The summed E-state index contributed by atoms with van der Waals surface area (Å²) in [5.74, 6) is 0.770. The summed E-state index contributed by atoms with van der Waals surface area (Å²) in [6, 6.07) is 17.6. The summed E-state index contributed by atoms with van der Waals surface area (Å²) >= 11 is 1.36. The van der Waals surface area contributed by atoms with E-state index in [2.05, 4.69) is 20.3 Å². The second-order valence-corrected chi connectivity index (χ2v) is 6.46. The quantitative estimate of drug-likeness (QED) is 0.578. The van der Waals surface area contributed by atoms with E-state index in [0.717, 1.165) is 28.1 Å². The van der Waals surface area contributed by atoms with Gasteiger partial charge >= 0.3 is 0 Å². The Morgan fingerprint density at radius 1 is 1.08 bits per heavy atom. The van der Waals surface area contributed by atoms with Gasteiger partial charge in [-0.1, -0.05) is 42.5 Å². The summed E-state index contributed by atoms with van der Waals surface area (Å²) in [6.45, 7) is 0.519. The number of fused-ring (bicyclic) bond motifs is 1. The Kier molecular flexibility index (Phi) is 4.26. The van der Waals surface area contributed by atoms with Crippen molar-refractivity contribution in [3.8, 4) is 11.3 Å². The van der Waals surface area contributed by atoms with Gasteiger partial charge in [-0.15, -0.1) is 11.3 Å². The van der Waals surface area contributed by atoms with Crippen LogP contribution in [0.2, 0.25) is 0 Å². The zero-order valence-electron chi connectivity index (χ0n) is 13.4. The number of H-pyrrole nitrogens is 1. The van der Waals surface area contributed by atoms with Gasteiger partial charge in [0.25, 0.3) is 5.91 Å². The van der Waals surface area contributed by atoms with Crippen LogP contribution >= 0.6 is 11.3 Å². The summed E-state index contributed by atoms with van der Waals surface area (Å²) in [4.78, 5) is 25.3. The first-order valence-electron chi connectivity index (χ1n) is 8.02. The molecule has 0 aliphatic rings. The number of nitrogens with one attached hydrogen (secondary N) is 2. The first-order chi connectivity index (χ1) is 12.3. The maximum Gasteiger partial charge on any atom is 0.263 e. The summed E-state index contributed by atoms with van der Waals surface area (Å²) in [5, 5.41) is 2.96. The van der Waals surface area contributed by atoms with Gasteiger partial charge in [0.2, 0.25) is 0 Å². The molecule has 124 valence electrons. The van der Waals surface area contributed by atoms with Gasteiger partial charge in [-0.25, -0.2) is 9.97 Å². The van der Waals surface area contributed by atoms with E-state index in [1.807, 2.05) is 54.6 Å². The summed E-state index contributed by atoms with van der Waals surface area (Å²) in [5.41, 5.74) is 5.34. The number of aromatic nitrogens is 3. The number of rotatable bonds is 5. The van der Waals surface area contributed by atoms with Crippen LogP contribution in [0.4, 0.5) is 0 Å². The van der Waals surface area contributed by atoms with E-state index < -0.39 is 0 Å². The highest BCUT2D eigenvalue weighted by atomic mass is 32.1. The fourth-order valence-corrected chi connectivity index (χ4v) is 3.43. The van der Waals surface area contributed by atoms with Crippen LogP contribution < -0.4 is 5.32 Å². The van der Waals surface area contributed by atoms with Crippen LogP contribution in [0.15, 0.2) is 60.1 Å². The number of aromatic amines is 1. The largest absolute Gasteiger partial charge is 0.351 e. The second kappa shape index (κ2) is 6.86. The molecule has 2 aromatic heterocycles. The number of benzene rings is 2. The van der Waals surface area contributed by atoms with Crippen molar-refractivity contribution in [2.45, 2.75) is 6.42 Å². The molecule has 0 spiro atoms. The Balaban J connectivity index is 1.42. The molecule has 0 unspecified atom stereocenters. The van der Waals surface area contributed by atoms with Crippen molar-refractivity contribution in [3.63, 3.8) is 0 Å². The zero-order valence-corrected chi connectivity index (χ0v) is 14.2. The maximum absolute atomic E-state index is 12.5. The van der Waals surface area contributed by atoms with Gasteiger partial charge < -0.3 is 10.3 Å². The third kappa shape index (κ3) is 3.29. The van der Waals surface area contributed by atoms with E-state index in [4.69, 9.17) is 0 Å². The first-order valence-corrected chi connectivity index (χ1v) is 8.90. The molecule has 2 aromatic carbocycles. The number of carbonyl (C=O) groups excluding carboxylic acids is 1. The normalized spacial score (nSPS) is 10.9. The van der Waals surface area contributed by atoms with Crippen molar-refractivity contribution in [1.29, 1.82) is 0 Å². The lowest BCUT2D eigenvalue weighted by Gasteiger charge is -2.04. The van der Waals surface area contributed by atoms with Crippen molar-refractivity contribution in [2.24, 2.45) is 0 Å². The van der Waals surface area contributed by atoms with Crippen LogP contribution in [-0.2, 0) is 6.42 Å². The number of carbonyl (C=O) groups is 1. The summed E-state index contributed by atoms with van der Waals surface area (Å²) in [7, 11) is 0. The molecule has 0 saturated heterocycles. The summed E-state index contributed by atoms with van der Waals surface area (Å²) < 4.78 is 0. The Morgan fingerprint density at radius 2 is 1.88 bits per heavy atom. The van der Waals surface area contributed by atoms with Crippen LogP contribution in [0.5, 0.6) is 0 Å². The lowest BCUT2D eigenvalue weighted by atomic mass is 10.1. The molecule has 1 amide bonds. The number of thiazole rings is 1. The predicted octanol–water partition coefficient (Wildman–Crippen LogP) is 3.66. The molecule has 0 radical (unpaired) electrons. The molecule has 4 rings (SSSR count). The Bertz CT molecular complexity index is 973. The number of hydrogen-bond donors (Lipinski definition) is 2. The molecule has 0 atom stereocenters. The highest BCUT2D eigenvalue weighted by Gasteiger charge is 2.15. The fraction of sp³-hybridized carbons (Fsp3) is 0.105. The second-order valence-electron chi connectivity index (χ2n) is 5.60. The average Bonchev–Trinajstić information content (AvgIpc) is 3.29. The van der Waals surface area contributed by atoms with Crippen molar-refractivity contribution in [1.82, 2.24) is 20.3 Å². The van der Waals surface area contributed by atoms with Crippen molar-refractivity contribution in [3.05, 3.63) is 70.8 Å². The zero-order chi connectivity index (χ0) is 17.1. The molecule has 0 fully saturated rings. The maximum atomic E-state index is 12.5. The number of amides is 1. The van der Waals surface area contributed by atoms with E-state index in [1.165, 1.54) is 11.3 Å². The molecule has 0 aliphatic carbocycles. The van der Waals surface area contributed by atoms with Gasteiger partial charge in [-0.05, 0) is 12.1 Å². The van der Waals surface area contributed by atoms with Gasteiger partial charge in [0.15, 0.2) is 0 Å². The number of imidazole rings is 1. The number of para-hydroxylation sites is 2. The molecule has 0 bridgehead atoms. The van der Waals surface area contributed by atoms with E-state index in [-0.39, 0.29) is 5.91 Å². The number of hydrogen-bond acceptors (Lipinski definition) is 4. The van der Waals surface area contributed by atoms with E-state index in [1.54, 1.807) is 5.51 Å². The third-order valence-electron chi connectivity index (χ3n) is 3.91. The molecule has 4 aromatic rings. The molecule has 0 saturated carbocycles. The minimum Gasteiger partial charge on any atom is -0.351 e. The van der Waals surface area contributed by atoms with Gasteiger partial charge in [0.05, 0.1) is 22.2 Å². The minimum atomic E-state index is -0.0996.